The maximum absolute atomic E-state index is 13.1. The third kappa shape index (κ3) is 5.04. The summed E-state index contributed by atoms with van der Waals surface area (Å²) in [5.41, 5.74) is 3.53. The van der Waals surface area contributed by atoms with E-state index in [2.05, 4.69) is 5.43 Å². The summed E-state index contributed by atoms with van der Waals surface area (Å²) in [4.78, 5) is 0. The maximum atomic E-state index is 13.1. The second kappa shape index (κ2) is 8.45. The highest BCUT2D eigenvalue weighted by Crippen LogP contribution is 2.18. The van der Waals surface area contributed by atoms with Gasteiger partial charge in [0, 0.05) is 13.2 Å². The number of halogens is 2. The van der Waals surface area contributed by atoms with Crippen LogP contribution in [0.4, 0.5) is 4.39 Å². The Kier molecular flexibility index (Phi) is 7.27. The van der Waals surface area contributed by atoms with Crippen molar-refractivity contribution in [2.75, 3.05) is 13.2 Å². The molecule has 0 aromatic heterocycles. The molecule has 0 aliphatic rings. The Bertz CT molecular complexity index is 387. The molecule has 1 aromatic carbocycles. The van der Waals surface area contributed by atoms with Crippen LogP contribution in [-0.2, 0) is 15.9 Å². The van der Waals surface area contributed by atoms with Gasteiger partial charge in [-0.15, -0.1) is 0 Å². The number of benzene rings is 1. The van der Waals surface area contributed by atoms with Crippen molar-refractivity contribution in [3.05, 3.63) is 34.6 Å². The van der Waals surface area contributed by atoms with Crippen LogP contribution < -0.4 is 11.3 Å². The molecule has 3 N–H and O–H groups in total. The lowest BCUT2D eigenvalue weighted by molar-refractivity contribution is -0.153. The zero-order valence-corrected chi connectivity index (χ0v) is 11.9. The zero-order valence-electron chi connectivity index (χ0n) is 11.2. The van der Waals surface area contributed by atoms with Gasteiger partial charge in [0.15, 0.2) is 6.29 Å². The van der Waals surface area contributed by atoms with Crippen LogP contribution in [0.2, 0.25) is 5.02 Å². The molecule has 0 heterocycles. The molecule has 0 aliphatic carbocycles. The van der Waals surface area contributed by atoms with E-state index in [4.69, 9.17) is 26.9 Å². The van der Waals surface area contributed by atoms with Gasteiger partial charge in [-0.1, -0.05) is 17.7 Å². The highest BCUT2D eigenvalue weighted by molar-refractivity contribution is 6.30. The average molecular weight is 291 g/mol. The van der Waals surface area contributed by atoms with Crippen molar-refractivity contribution in [3.8, 4) is 0 Å². The Balaban J connectivity index is 2.75. The van der Waals surface area contributed by atoms with Gasteiger partial charge >= 0.3 is 0 Å². The minimum absolute atomic E-state index is 0.0950. The van der Waals surface area contributed by atoms with Gasteiger partial charge in [0.05, 0.1) is 11.1 Å². The van der Waals surface area contributed by atoms with Gasteiger partial charge in [0.2, 0.25) is 0 Å². The molecule has 0 bridgehead atoms. The molecule has 0 saturated heterocycles. The second-order valence-corrected chi connectivity index (χ2v) is 4.41. The quantitative estimate of drug-likeness (QED) is 0.438. The molecular formula is C13H20ClFN2O2. The summed E-state index contributed by atoms with van der Waals surface area (Å²) in [6, 6.07) is 4.35. The first-order valence-corrected chi connectivity index (χ1v) is 6.63. The third-order valence-corrected chi connectivity index (χ3v) is 2.93. The van der Waals surface area contributed by atoms with Crippen LogP contribution in [0.3, 0.4) is 0 Å². The first kappa shape index (κ1) is 16.3. The number of hydrogen-bond donors (Lipinski definition) is 2. The van der Waals surface area contributed by atoms with E-state index in [1.165, 1.54) is 6.07 Å². The number of nitrogens with one attached hydrogen (secondary N) is 1. The summed E-state index contributed by atoms with van der Waals surface area (Å²) < 4.78 is 24.1. The molecule has 19 heavy (non-hydrogen) atoms. The van der Waals surface area contributed by atoms with Crippen LogP contribution in [0, 0.1) is 5.82 Å². The van der Waals surface area contributed by atoms with Gasteiger partial charge in [0.25, 0.3) is 0 Å². The van der Waals surface area contributed by atoms with E-state index in [1.54, 1.807) is 12.1 Å². The van der Waals surface area contributed by atoms with Crippen molar-refractivity contribution in [1.82, 2.24) is 5.43 Å². The van der Waals surface area contributed by atoms with E-state index in [-0.39, 0.29) is 11.1 Å². The molecule has 1 aromatic rings. The molecule has 1 rings (SSSR count). The van der Waals surface area contributed by atoms with Crippen molar-refractivity contribution in [2.24, 2.45) is 5.84 Å². The standard InChI is InChI=1S/C13H20ClFN2O2/c1-3-18-13(19-4-2)12(17-16)8-9-5-6-11(15)10(14)7-9/h5-7,12-13,17H,3-4,8,16H2,1-2H3. The third-order valence-electron chi connectivity index (χ3n) is 2.64. The first-order chi connectivity index (χ1) is 9.12. The molecular weight excluding hydrogens is 271 g/mol. The Morgan fingerprint density at radius 2 is 1.95 bits per heavy atom. The fourth-order valence-electron chi connectivity index (χ4n) is 1.76. The van der Waals surface area contributed by atoms with E-state index >= 15 is 0 Å². The van der Waals surface area contributed by atoms with Gasteiger partial charge in [-0.25, -0.2) is 4.39 Å². The Hall–Kier alpha value is -0.720. The molecule has 1 atom stereocenters. The van der Waals surface area contributed by atoms with Gasteiger partial charge in [-0.05, 0) is 38.0 Å². The Morgan fingerprint density at radius 3 is 2.42 bits per heavy atom. The summed E-state index contributed by atoms with van der Waals surface area (Å²) in [7, 11) is 0. The summed E-state index contributed by atoms with van der Waals surface area (Å²) in [5, 5.41) is 0.0950. The highest BCUT2D eigenvalue weighted by atomic mass is 35.5. The number of rotatable bonds is 8. The van der Waals surface area contributed by atoms with E-state index in [0.717, 1.165) is 5.56 Å². The Morgan fingerprint density at radius 1 is 1.32 bits per heavy atom. The molecule has 4 nitrogen and oxygen atoms in total. The molecule has 0 amide bonds. The SMILES string of the molecule is CCOC(OCC)C(Cc1ccc(F)c(Cl)c1)NN. The molecule has 0 spiro atoms. The molecule has 1 unspecified atom stereocenters. The van der Waals surface area contributed by atoms with Crippen molar-refractivity contribution in [3.63, 3.8) is 0 Å². The predicted octanol–water partition coefficient (Wildman–Crippen LogP) is 2.25. The lowest BCUT2D eigenvalue weighted by Crippen LogP contribution is -2.48. The minimum Gasteiger partial charge on any atom is -0.351 e. The largest absolute Gasteiger partial charge is 0.351 e. The van der Waals surface area contributed by atoms with Crippen molar-refractivity contribution in [1.29, 1.82) is 0 Å². The molecule has 6 heteroatoms. The van der Waals surface area contributed by atoms with Crippen LogP contribution in [-0.4, -0.2) is 25.5 Å². The van der Waals surface area contributed by atoms with E-state index < -0.39 is 12.1 Å². The topological polar surface area (TPSA) is 56.5 Å². The van der Waals surface area contributed by atoms with Crippen LogP contribution >= 0.6 is 11.6 Å². The van der Waals surface area contributed by atoms with Crippen molar-refractivity contribution in [2.45, 2.75) is 32.6 Å². The zero-order chi connectivity index (χ0) is 14.3. The first-order valence-electron chi connectivity index (χ1n) is 6.25. The predicted molar refractivity (Wildman–Crippen MR) is 73.3 cm³/mol. The highest BCUT2D eigenvalue weighted by Gasteiger charge is 2.21. The van der Waals surface area contributed by atoms with E-state index in [9.17, 15) is 4.39 Å². The second-order valence-electron chi connectivity index (χ2n) is 4.00. The summed E-state index contributed by atoms with van der Waals surface area (Å²) >= 11 is 5.75. The van der Waals surface area contributed by atoms with E-state index in [0.29, 0.717) is 19.6 Å². The minimum atomic E-state index is -0.455. The van der Waals surface area contributed by atoms with Crippen molar-refractivity contribution >= 4 is 11.6 Å². The lowest BCUT2D eigenvalue weighted by atomic mass is 10.1. The van der Waals surface area contributed by atoms with Gasteiger partial charge in [-0.2, -0.15) is 0 Å². The van der Waals surface area contributed by atoms with Gasteiger partial charge in [0.1, 0.15) is 5.82 Å². The van der Waals surface area contributed by atoms with Crippen molar-refractivity contribution < 1.29 is 13.9 Å². The smallest absolute Gasteiger partial charge is 0.174 e. The molecule has 0 radical (unpaired) electrons. The fourth-order valence-corrected chi connectivity index (χ4v) is 1.97. The summed E-state index contributed by atoms with van der Waals surface area (Å²) in [5.74, 6) is 5.10. The van der Waals surface area contributed by atoms with Crippen LogP contribution in [0.5, 0.6) is 0 Å². The summed E-state index contributed by atoms with van der Waals surface area (Å²) in [6.07, 6.45) is 0.0741. The Labute approximate surface area is 118 Å². The van der Waals surface area contributed by atoms with Crippen LogP contribution in [0.1, 0.15) is 19.4 Å². The van der Waals surface area contributed by atoms with E-state index in [1.807, 2.05) is 13.8 Å². The molecule has 0 aliphatic heterocycles. The van der Waals surface area contributed by atoms with Gasteiger partial charge in [-0.3, -0.25) is 11.3 Å². The molecule has 0 fully saturated rings. The fraction of sp³-hybridized carbons (Fsp3) is 0.538. The number of hydrazine groups is 1. The number of hydrogen-bond acceptors (Lipinski definition) is 4. The average Bonchev–Trinajstić information content (AvgIpc) is 2.40. The number of ether oxygens (including phenoxy) is 2. The normalized spacial score (nSPS) is 12.9. The number of nitrogens with two attached hydrogens (primary N) is 1. The maximum Gasteiger partial charge on any atom is 0.174 e. The van der Waals surface area contributed by atoms with Crippen LogP contribution in [0.25, 0.3) is 0 Å². The monoisotopic (exact) mass is 290 g/mol. The lowest BCUT2D eigenvalue weighted by Gasteiger charge is -2.26. The molecule has 0 saturated carbocycles. The van der Waals surface area contributed by atoms with Crippen LogP contribution in [0.15, 0.2) is 18.2 Å². The molecule has 108 valence electrons. The van der Waals surface area contributed by atoms with Gasteiger partial charge < -0.3 is 9.47 Å². The summed E-state index contributed by atoms with van der Waals surface area (Å²) in [6.45, 7) is 4.81.